The molecule has 0 heterocycles. The van der Waals surface area contributed by atoms with Crippen molar-refractivity contribution in [2.45, 2.75) is 13.0 Å². The summed E-state index contributed by atoms with van der Waals surface area (Å²) in [6.07, 6.45) is -0.424. The quantitative estimate of drug-likeness (QED) is 0.437. The van der Waals surface area contributed by atoms with Crippen LogP contribution in [0.1, 0.15) is 6.92 Å². The van der Waals surface area contributed by atoms with Gasteiger partial charge in [0.1, 0.15) is 0 Å². The van der Waals surface area contributed by atoms with Crippen LogP contribution in [0.2, 0.25) is 0 Å². The van der Waals surface area contributed by atoms with E-state index in [1.54, 1.807) is 14.0 Å². The molecule has 0 bridgehead atoms. The first-order valence-electron chi connectivity index (χ1n) is 4.31. The van der Waals surface area contributed by atoms with Crippen molar-refractivity contribution < 1.29 is 14.6 Å². The van der Waals surface area contributed by atoms with E-state index in [4.69, 9.17) is 9.84 Å². The molecule has 1 atom stereocenters. The summed E-state index contributed by atoms with van der Waals surface area (Å²) < 4.78 is 4.76. The second-order valence-electron chi connectivity index (χ2n) is 2.82. The molecule has 0 saturated carbocycles. The van der Waals surface area contributed by atoms with Crippen molar-refractivity contribution >= 4 is 5.91 Å². The maximum absolute atomic E-state index is 11.0. The van der Waals surface area contributed by atoms with E-state index in [9.17, 15) is 4.79 Å². The molecule has 0 saturated heterocycles. The van der Waals surface area contributed by atoms with Gasteiger partial charge in [0.15, 0.2) is 0 Å². The van der Waals surface area contributed by atoms with E-state index < -0.39 is 6.10 Å². The van der Waals surface area contributed by atoms with Crippen molar-refractivity contribution in [1.29, 1.82) is 0 Å². The van der Waals surface area contributed by atoms with Crippen LogP contribution < -0.4 is 10.6 Å². The van der Waals surface area contributed by atoms with E-state index in [-0.39, 0.29) is 12.5 Å². The predicted octanol–water partition coefficient (Wildman–Crippen LogP) is -1.28. The summed E-state index contributed by atoms with van der Waals surface area (Å²) in [5, 5.41) is 14.3. The molecule has 0 aromatic rings. The molecule has 5 nitrogen and oxygen atoms in total. The Kier molecular flexibility index (Phi) is 7.57. The van der Waals surface area contributed by atoms with E-state index >= 15 is 0 Å². The maximum atomic E-state index is 11.0. The summed E-state index contributed by atoms with van der Waals surface area (Å²) in [6, 6.07) is 0. The molecule has 78 valence electrons. The minimum atomic E-state index is -0.424. The van der Waals surface area contributed by atoms with Gasteiger partial charge in [-0.3, -0.25) is 4.79 Å². The monoisotopic (exact) mass is 190 g/mol. The number of hydrogen-bond acceptors (Lipinski definition) is 4. The van der Waals surface area contributed by atoms with Crippen LogP contribution in [0.5, 0.6) is 0 Å². The standard InChI is InChI=1S/C8H18N2O3/c1-7(11)5-9-6-8(12)10-3-4-13-2/h7,9,11H,3-6H2,1-2H3,(H,10,12)/t7-/m0/s1. The minimum absolute atomic E-state index is 0.0855. The van der Waals surface area contributed by atoms with Gasteiger partial charge in [0.2, 0.25) is 5.91 Å². The lowest BCUT2D eigenvalue weighted by molar-refractivity contribution is -0.120. The van der Waals surface area contributed by atoms with Crippen LogP contribution in [-0.4, -0.2) is 50.5 Å². The number of hydrogen-bond donors (Lipinski definition) is 3. The zero-order valence-electron chi connectivity index (χ0n) is 8.17. The Labute approximate surface area is 78.5 Å². The highest BCUT2D eigenvalue weighted by Gasteiger charge is 2.00. The topological polar surface area (TPSA) is 70.6 Å². The second-order valence-corrected chi connectivity index (χ2v) is 2.82. The number of rotatable bonds is 7. The number of aliphatic hydroxyl groups excluding tert-OH is 1. The molecule has 0 fully saturated rings. The van der Waals surface area contributed by atoms with Crippen molar-refractivity contribution in [3.63, 3.8) is 0 Å². The Balaban J connectivity index is 3.20. The van der Waals surface area contributed by atoms with Crippen molar-refractivity contribution in [2.24, 2.45) is 0 Å². The Bertz CT molecular complexity index is 139. The van der Waals surface area contributed by atoms with Gasteiger partial charge in [0.25, 0.3) is 0 Å². The maximum Gasteiger partial charge on any atom is 0.234 e. The van der Waals surface area contributed by atoms with Crippen LogP contribution >= 0.6 is 0 Å². The Hall–Kier alpha value is -0.650. The fourth-order valence-electron chi connectivity index (χ4n) is 0.750. The summed E-state index contributed by atoms with van der Waals surface area (Å²) in [5.41, 5.74) is 0. The van der Waals surface area contributed by atoms with Gasteiger partial charge in [-0.05, 0) is 6.92 Å². The van der Waals surface area contributed by atoms with Gasteiger partial charge >= 0.3 is 0 Å². The number of carbonyl (C=O) groups excluding carboxylic acids is 1. The number of carbonyl (C=O) groups is 1. The first-order chi connectivity index (χ1) is 6.16. The molecule has 0 spiro atoms. The number of aliphatic hydroxyl groups is 1. The summed E-state index contributed by atoms with van der Waals surface area (Å²) in [5.74, 6) is -0.0855. The highest BCUT2D eigenvalue weighted by Crippen LogP contribution is 1.74. The number of methoxy groups -OCH3 is 1. The van der Waals surface area contributed by atoms with Gasteiger partial charge < -0.3 is 20.5 Å². The van der Waals surface area contributed by atoms with Gasteiger partial charge in [0, 0.05) is 20.2 Å². The summed E-state index contributed by atoms with van der Waals surface area (Å²) in [4.78, 5) is 11.0. The first kappa shape index (κ1) is 12.3. The number of ether oxygens (including phenoxy) is 1. The lowest BCUT2D eigenvalue weighted by Crippen LogP contribution is -2.37. The lowest BCUT2D eigenvalue weighted by atomic mass is 10.4. The van der Waals surface area contributed by atoms with E-state index in [0.29, 0.717) is 19.7 Å². The number of nitrogens with one attached hydrogen (secondary N) is 2. The van der Waals surface area contributed by atoms with Gasteiger partial charge in [-0.15, -0.1) is 0 Å². The van der Waals surface area contributed by atoms with Gasteiger partial charge in [-0.1, -0.05) is 0 Å². The van der Waals surface area contributed by atoms with Crippen molar-refractivity contribution in [3.05, 3.63) is 0 Å². The van der Waals surface area contributed by atoms with Crippen molar-refractivity contribution in [3.8, 4) is 0 Å². The van der Waals surface area contributed by atoms with Gasteiger partial charge in [-0.25, -0.2) is 0 Å². The van der Waals surface area contributed by atoms with Crippen LogP contribution in [0.4, 0.5) is 0 Å². The second kappa shape index (κ2) is 7.97. The molecule has 0 radical (unpaired) electrons. The summed E-state index contributed by atoms with van der Waals surface area (Å²) in [6.45, 7) is 3.36. The lowest BCUT2D eigenvalue weighted by Gasteiger charge is -2.07. The smallest absolute Gasteiger partial charge is 0.234 e. The molecular weight excluding hydrogens is 172 g/mol. The Morgan fingerprint density at radius 3 is 2.85 bits per heavy atom. The Morgan fingerprint density at radius 1 is 1.62 bits per heavy atom. The normalized spacial score (nSPS) is 12.5. The molecule has 0 aliphatic heterocycles. The van der Waals surface area contributed by atoms with Crippen LogP contribution in [0.3, 0.4) is 0 Å². The van der Waals surface area contributed by atoms with Crippen LogP contribution in [0, 0.1) is 0 Å². The van der Waals surface area contributed by atoms with Gasteiger partial charge in [0.05, 0.1) is 19.3 Å². The van der Waals surface area contributed by atoms with E-state index in [1.807, 2.05) is 0 Å². The average molecular weight is 190 g/mol. The third kappa shape index (κ3) is 9.26. The van der Waals surface area contributed by atoms with Crippen LogP contribution in [0.25, 0.3) is 0 Å². The van der Waals surface area contributed by atoms with Crippen molar-refractivity contribution in [2.75, 3.05) is 33.4 Å². The van der Waals surface area contributed by atoms with Gasteiger partial charge in [-0.2, -0.15) is 0 Å². The van der Waals surface area contributed by atoms with E-state index in [2.05, 4.69) is 10.6 Å². The van der Waals surface area contributed by atoms with Crippen LogP contribution in [0.15, 0.2) is 0 Å². The fourth-order valence-corrected chi connectivity index (χ4v) is 0.750. The van der Waals surface area contributed by atoms with Crippen LogP contribution in [-0.2, 0) is 9.53 Å². The SMILES string of the molecule is COCCNC(=O)CNC[C@H](C)O. The molecule has 0 aliphatic rings. The molecule has 0 rings (SSSR count). The zero-order chi connectivity index (χ0) is 10.1. The molecular formula is C8H18N2O3. The Morgan fingerprint density at radius 2 is 2.31 bits per heavy atom. The predicted molar refractivity (Wildman–Crippen MR) is 49.4 cm³/mol. The largest absolute Gasteiger partial charge is 0.392 e. The minimum Gasteiger partial charge on any atom is -0.392 e. The summed E-state index contributed by atoms with van der Waals surface area (Å²) >= 11 is 0. The third-order valence-corrected chi connectivity index (χ3v) is 1.35. The number of amides is 1. The zero-order valence-corrected chi connectivity index (χ0v) is 8.17. The highest BCUT2D eigenvalue weighted by molar-refractivity contribution is 5.77. The molecule has 1 amide bonds. The molecule has 0 aromatic carbocycles. The molecule has 13 heavy (non-hydrogen) atoms. The molecule has 3 N–H and O–H groups in total. The van der Waals surface area contributed by atoms with Crippen molar-refractivity contribution in [1.82, 2.24) is 10.6 Å². The average Bonchev–Trinajstić information content (AvgIpc) is 2.04. The van der Waals surface area contributed by atoms with E-state index in [0.717, 1.165) is 0 Å². The molecule has 0 aromatic heterocycles. The molecule has 5 heteroatoms. The third-order valence-electron chi connectivity index (χ3n) is 1.35. The summed E-state index contributed by atoms with van der Waals surface area (Å²) in [7, 11) is 1.58. The molecule has 0 unspecified atom stereocenters. The fraction of sp³-hybridized carbons (Fsp3) is 0.875. The highest BCUT2D eigenvalue weighted by atomic mass is 16.5. The molecule has 0 aliphatic carbocycles. The van der Waals surface area contributed by atoms with E-state index in [1.165, 1.54) is 0 Å². The first-order valence-corrected chi connectivity index (χ1v) is 4.31.